The molecule has 1 aliphatic carbocycles. The van der Waals surface area contributed by atoms with Crippen LogP contribution in [0.15, 0.2) is 35.4 Å². The molecule has 1 aromatic carbocycles. The van der Waals surface area contributed by atoms with Crippen molar-refractivity contribution < 1.29 is 47.6 Å². The van der Waals surface area contributed by atoms with Gasteiger partial charge in [-0.25, -0.2) is 23.0 Å². The van der Waals surface area contributed by atoms with Crippen molar-refractivity contribution in [3.8, 4) is 5.75 Å². The van der Waals surface area contributed by atoms with E-state index < -0.39 is 77.2 Å². The topological polar surface area (TPSA) is 197 Å². The Balaban J connectivity index is 1.66. The summed E-state index contributed by atoms with van der Waals surface area (Å²) in [6.07, 6.45) is -5.00. The van der Waals surface area contributed by atoms with Crippen molar-refractivity contribution in [1.29, 1.82) is 0 Å². The van der Waals surface area contributed by atoms with Gasteiger partial charge in [0.05, 0.1) is 43.2 Å². The molecule has 7 atom stereocenters. The molecule has 14 nitrogen and oxygen atoms in total. The number of sulfonamides is 1. The summed E-state index contributed by atoms with van der Waals surface area (Å²) in [5.74, 6) is -2.20. The van der Waals surface area contributed by atoms with Crippen LogP contribution >= 0.6 is 0 Å². The number of amides is 1. The maximum atomic E-state index is 15.7. The van der Waals surface area contributed by atoms with E-state index in [1.807, 2.05) is 0 Å². The Morgan fingerprint density at radius 2 is 1.97 bits per heavy atom. The molecule has 0 radical (unpaired) electrons. The number of nitrogens with one attached hydrogen (secondary N) is 1. The lowest BCUT2D eigenvalue weighted by atomic mass is 9.89. The summed E-state index contributed by atoms with van der Waals surface area (Å²) in [4.78, 5) is 12.4. The van der Waals surface area contributed by atoms with Gasteiger partial charge in [-0.1, -0.05) is 19.1 Å². The highest BCUT2D eigenvalue weighted by atomic mass is 32.2. The highest BCUT2D eigenvalue weighted by Gasteiger charge is 2.74. The van der Waals surface area contributed by atoms with Crippen molar-refractivity contribution in [2.24, 2.45) is 11.8 Å². The number of hydrogen-bond donors (Lipinski definition) is 5. The number of rotatable bonds is 10. The van der Waals surface area contributed by atoms with Gasteiger partial charge in [0.25, 0.3) is 5.91 Å². The molecule has 4 rings (SSSR count). The number of hydrogen-bond acceptors (Lipinski definition) is 11. The maximum absolute atomic E-state index is 15.7. The lowest BCUT2D eigenvalue weighted by Gasteiger charge is -2.47. The molecule has 2 fully saturated rings. The molecule has 16 heteroatoms. The average Bonchev–Trinajstić information content (AvgIpc) is 3.40. The molecule has 1 aromatic heterocycles. The molecule has 2 aliphatic rings. The number of benzene rings is 1. The molecule has 0 spiro atoms. The van der Waals surface area contributed by atoms with Crippen LogP contribution in [0, 0.1) is 11.8 Å². The van der Waals surface area contributed by atoms with Crippen molar-refractivity contribution in [3.63, 3.8) is 0 Å². The van der Waals surface area contributed by atoms with Crippen molar-refractivity contribution >= 4 is 15.9 Å². The van der Waals surface area contributed by atoms with E-state index in [0.29, 0.717) is 5.75 Å². The Morgan fingerprint density at radius 1 is 1.32 bits per heavy atom. The highest BCUT2D eigenvalue weighted by molar-refractivity contribution is 7.89. The quantitative estimate of drug-likeness (QED) is 0.176. The van der Waals surface area contributed by atoms with Gasteiger partial charge >= 0.3 is 0 Å². The minimum absolute atomic E-state index is 0.000805. The van der Waals surface area contributed by atoms with Crippen LogP contribution in [0.5, 0.6) is 5.75 Å². The second kappa shape index (κ2) is 10.4. The molecule has 1 aliphatic heterocycles. The van der Waals surface area contributed by atoms with Gasteiger partial charge in [0.15, 0.2) is 6.23 Å². The summed E-state index contributed by atoms with van der Waals surface area (Å²) in [5.41, 5.74) is -0.970. The van der Waals surface area contributed by atoms with E-state index in [1.165, 1.54) is 43.1 Å². The molecule has 5 N–H and O–H groups in total. The van der Waals surface area contributed by atoms with Gasteiger partial charge in [0.2, 0.25) is 15.7 Å². The molecule has 2 aromatic rings. The number of alkyl halides is 1. The first-order valence-electron chi connectivity index (χ1n) is 11.7. The predicted octanol–water partition coefficient (Wildman–Crippen LogP) is -1.04. The Bertz CT molecular complexity index is 1260. The summed E-state index contributed by atoms with van der Waals surface area (Å²) >= 11 is 0. The zero-order chi connectivity index (χ0) is 28.0. The van der Waals surface area contributed by atoms with Crippen molar-refractivity contribution in [1.82, 2.24) is 24.8 Å². The van der Waals surface area contributed by atoms with Gasteiger partial charge in [-0.05, 0) is 30.2 Å². The lowest BCUT2D eigenvalue weighted by Crippen LogP contribution is -2.62. The minimum atomic E-state index is -4.36. The van der Waals surface area contributed by atoms with Crippen LogP contribution in [0.2, 0.25) is 0 Å². The van der Waals surface area contributed by atoms with Crippen molar-refractivity contribution in [3.05, 3.63) is 36.2 Å². The number of aromatic nitrogens is 3. The van der Waals surface area contributed by atoms with Crippen molar-refractivity contribution in [2.75, 3.05) is 13.7 Å². The zero-order valence-corrected chi connectivity index (χ0v) is 21.6. The number of ether oxygens (including phenoxy) is 2. The van der Waals surface area contributed by atoms with Gasteiger partial charge in [-0.15, -0.1) is 5.10 Å². The van der Waals surface area contributed by atoms with Crippen LogP contribution < -0.4 is 10.2 Å². The molecule has 1 saturated carbocycles. The van der Waals surface area contributed by atoms with E-state index in [1.54, 1.807) is 13.8 Å². The normalized spacial score (nSPS) is 29.7. The Kier molecular flexibility index (Phi) is 7.77. The van der Waals surface area contributed by atoms with E-state index in [-0.39, 0.29) is 10.6 Å². The average molecular weight is 560 g/mol. The number of carbonyl (C=O) groups excluding carboxylic acids is 1. The van der Waals surface area contributed by atoms with E-state index >= 15 is 4.39 Å². The van der Waals surface area contributed by atoms with Gasteiger partial charge < -0.3 is 24.8 Å². The Labute approximate surface area is 217 Å². The molecule has 1 amide bonds. The largest absolute Gasteiger partial charge is 0.497 e. The fourth-order valence-electron chi connectivity index (χ4n) is 5.01. The summed E-state index contributed by atoms with van der Waals surface area (Å²) in [5, 5.41) is 46.8. The Hall–Kier alpha value is -2.73. The van der Waals surface area contributed by atoms with Gasteiger partial charge in [-0.3, -0.25) is 10.0 Å². The summed E-state index contributed by atoms with van der Waals surface area (Å²) in [6.45, 7) is 2.08. The van der Waals surface area contributed by atoms with Gasteiger partial charge in [0.1, 0.15) is 24.0 Å². The third-order valence-corrected chi connectivity index (χ3v) is 8.85. The molecule has 38 heavy (non-hydrogen) atoms. The van der Waals surface area contributed by atoms with Gasteiger partial charge in [0, 0.05) is 5.92 Å². The number of halogens is 1. The summed E-state index contributed by atoms with van der Waals surface area (Å²) in [6, 6.07) is 4.09. The van der Waals surface area contributed by atoms with E-state index in [4.69, 9.17) is 9.47 Å². The minimum Gasteiger partial charge on any atom is -0.497 e. The Morgan fingerprint density at radius 3 is 2.53 bits per heavy atom. The lowest BCUT2D eigenvalue weighted by molar-refractivity contribution is -0.311. The highest BCUT2D eigenvalue weighted by Crippen LogP contribution is 2.56. The van der Waals surface area contributed by atoms with E-state index in [0.717, 1.165) is 8.99 Å². The fraction of sp³-hybridized carbons (Fsp3) is 0.591. The third kappa shape index (κ3) is 4.45. The molecule has 1 saturated heterocycles. The number of methoxy groups -OCH3 is 1. The third-order valence-electron chi connectivity index (χ3n) is 7.01. The predicted molar refractivity (Wildman–Crippen MR) is 125 cm³/mol. The van der Waals surface area contributed by atoms with Crippen LogP contribution in [-0.4, -0.2) is 97.9 Å². The van der Waals surface area contributed by atoms with Crippen LogP contribution in [0.25, 0.3) is 0 Å². The smallest absolute Gasteiger partial charge is 0.262 e. The number of nitrogens with zero attached hydrogens (tertiary/aromatic N) is 4. The van der Waals surface area contributed by atoms with Crippen molar-refractivity contribution in [2.45, 2.75) is 61.5 Å². The van der Waals surface area contributed by atoms with E-state index in [2.05, 4.69) is 10.3 Å². The zero-order valence-electron chi connectivity index (χ0n) is 20.7. The standard InChI is InChI=1S/C22H30FN5O9S/c1-11(2)16(20(32)25-33)28(38(34,35)14-6-4-13(36-3)5-7-14)9-12-8-27(26-24-12)21-22(23)18(31)17(30)15(10-29)19(22)37-21/h4-8,11,15-19,21,29-31,33H,9-10H2,1-3H3,(H,25,32). The molecular weight excluding hydrogens is 529 g/mol. The van der Waals surface area contributed by atoms with Crippen LogP contribution in [0.3, 0.4) is 0 Å². The molecule has 7 unspecified atom stereocenters. The first-order chi connectivity index (χ1) is 17.9. The number of aliphatic hydroxyl groups excluding tert-OH is 3. The van der Waals surface area contributed by atoms with E-state index in [9.17, 15) is 33.7 Å². The first kappa shape index (κ1) is 28.3. The van der Waals surface area contributed by atoms with Crippen LogP contribution in [-0.2, 0) is 26.1 Å². The number of aliphatic hydroxyl groups is 3. The molecule has 0 bridgehead atoms. The molecule has 2 heterocycles. The number of carbonyl (C=O) groups is 1. The van der Waals surface area contributed by atoms with Gasteiger partial charge in [-0.2, -0.15) is 4.31 Å². The summed E-state index contributed by atoms with van der Waals surface area (Å²) in [7, 11) is -2.94. The van der Waals surface area contributed by atoms with Crippen LogP contribution in [0.1, 0.15) is 25.8 Å². The molecule has 210 valence electrons. The first-order valence-corrected chi connectivity index (χ1v) is 13.2. The number of fused-ring (bicyclic) bond motifs is 1. The monoisotopic (exact) mass is 559 g/mol. The second-order valence-electron chi connectivity index (χ2n) is 9.60. The SMILES string of the molecule is COc1ccc(S(=O)(=O)N(Cc2cn(C3OC4C(CO)C(O)C(O)C43F)nn2)C(C(=O)NO)C(C)C)cc1. The second-order valence-corrected chi connectivity index (χ2v) is 11.5. The summed E-state index contributed by atoms with van der Waals surface area (Å²) < 4.78 is 55.4. The fourth-order valence-corrected chi connectivity index (χ4v) is 6.70. The molecular formula is C22H30FN5O9S. The maximum Gasteiger partial charge on any atom is 0.262 e. The number of hydroxylamine groups is 1. The van der Waals surface area contributed by atoms with Crippen LogP contribution in [0.4, 0.5) is 4.39 Å².